The summed E-state index contributed by atoms with van der Waals surface area (Å²) in [7, 11) is -0.859. The Labute approximate surface area is 110 Å². The number of nitrogens with two attached hydrogens (primary N) is 1. The molecule has 0 fully saturated rings. The summed E-state index contributed by atoms with van der Waals surface area (Å²) in [6.45, 7) is 2.58. The average Bonchev–Trinajstić information content (AvgIpc) is 2.39. The van der Waals surface area contributed by atoms with Gasteiger partial charge in [-0.2, -0.15) is 0 Å². The standard InChI is InChI=1S/C14H18N2OS/c1-11(6-7-15)18(17)10-12-4-5-14-13(9-12)3-2-8-16-14/h2-5,8-9,11H,6-7,10,15H2,1H3. The van der Waals surface area contributed by atoms with Gasteiger partial charge in [0.2, 0.25) is 0 Å². The van der Waals surface area contributed by atoms with Crippen molar-refractivity contribution in [3.05, 3.63) is 42.1 Å². The molecule has 1 aromatic heterocycles. The molecule has 0 amide bonds. The van der Waals surface area contributed by atoms with Crippen molar-refractivity contribution in [1.82, 2.24) is 4.98 Å². The van der Waals surface area contributed by atoms with E-state index in [0.29, 0.717) is 12.3 Å². The van der Waals surface area contributed by atoms with Crippen molar-refractivity contribution in [2.45, 2.75) is 24.3 Å². The molecule has 1 aromatic carbocycles. The number of rotatable bonds is 5. The second-order valence-electron chi connectivity index (χ2n) is 4.44. The summed E-state index contributed by atoms with van der Waals surface area (Å²) in [6, 6.07) is 9.99. The molecule has 0 aliphatic carbocycles. The molecule has 0 radical (unpaired) electrons. The fourth-order valence-corrected chi connectivity index (χ4v) is 3.08. The molecule has 0 spiro atoms. The van der Waals surface area contributed by atoms with E-state index in [4.69, 9.17) is 5.73 Å². The Bertz CT molecular complexity index is 556. The lowest BCUT2D eigenvalue weighted by atomic mass is 10.1. The molecule has 2 aromatic rings. The summed E-state index contributed by atoms with van der Waals surface area (Å²) in [4.78, 5) is 4.27. The lowest BCUT2D eigenvalue weighted by molar-refractivity contribution is 0.665. The lowest BCUT2D eigenvalue weighted by Crippen LogP contribution is -2.17. The number of hydrogen-bond acceptors (Lipinski definition) is 3. The summed E-state index contributed by atoms with van der Waals surface area (Å²) < 4.78 is 12.1. The quantitative estimate of drug-likeness (QED) is 0.899. The van der Waals surface area contributed by atoms with Gasteiger partial charge in [0.15, 0.2) is 0 Å². The van der Waals surface area contributed by atoms with Crippen molar-refractivity contribution in [2.75, 3.05) is 6.54 Å². The predicted octanol–water partition coefficient (Wildman–Crippen LogP) is 2.22. The number of fused-ring (bicyclic) bond motifs is 1. The number of hydrogen-bond donors (Lipinski definition) is 1. The molecule has 0 aliphatic heterocycles. The van der Waals surface area contributed by atoms with Crippen LogP contribution in [0.15, 0.2) is 36.5 Å². The van der Waals surface area contributed by atoms with Crippen LogP contribution in [0.3, 0.4) is 0 Å². The fourth-order valence-electron chi connectivity index (χ4n) is 1.89. The van der Waals surface area contributed by atoms with E-state index in [0.717, 1.165) is 22.9 Å². The topological polar surface area (TPSA) is 56.0 Å². The van der Waals surface area contributed by atoms with E-state index in [1.807, 2.05) is 31.2 Å². The smallest absolute Gasteiger partial charge is 0.0702 e. The van der Waals surface area contributed by atoms with Gasteiger partial charge in [0.1, 0.15) is 0 Å². The molecular formula is C14H18N2OS. The maximum absolute atomic E-state index is 12.1. The number of nitrogens with zero attached hydrogens (tertiary/aromatic N) is 1. The van der Waals surface area contributed by atoms with Crippen molar-refractivity contribution < 1.29 is 4.21 Å². The van der Waals surface area contributed by atoms with Gasteiger partial charge in [0.05, 0.1) is 5.52 Å². The van der Waals surface area contributed by atoms with Crippen molar-refractivity contribution in [3.63, 3.8) is 0 Å². The Morgan fingerprint density at radius 3 is 3.00 bits per heavy atom. The normalized spacial score (nSPS) is 14.6. The maximum Gasteiger partial charge on any atom is 0.0702 e. The highest BCUT2D eigenvalue weighted by atomic mass is 32.2. The molecule has 18 heavy (non-hydrogen) atoms. The van der Waals surface area contributed by atoms with Crippen LogP contribution in [0.4, 0.5) is 0 Å². The Kier molecular flexibility index (Phi) is 4.44. The molecule has 2 unspecified atom stereocenters. The van der Waals surface area contributed by atoms with Gasteiger partial charge in [0.25, 0.3) is 0 Å². The van der Waals surface area contributed by atoms with Gasteiger partial charge in [-0.05, 0) is 36.7 Å². The van der Waals surface area contributed by atoms with E-state index in [-0.39, 0.29) is 5.25 Å². The van der Waals surface area contributed by atoms with E-state index in [2.05, 4.69) is 11.1 Å². The molecule has 3 nitrogen and oxygen atoms in total. The first-order chi connectivity index (χ1) is 8.70. The van der Waals surface area contributed by atoms with Crippen molar-refractivity contribution in [3.8, 4) is 0 Å². The first-order valence-electron chi connectivity index (χ1n) is 6.11. The minimum absolute atomic E-state index is 0.152. The summed E-state index contributed by atoms with van der Waals surface area (Å²) in [5.74, 6) is 0.589. The number of benzene rings is 1. The molecule has 0 saturated heterocycles. The highest BCUT2D eigenvalue weighted by Crippen LogP contribution is 2.16. The number of pyridine rings is 1. The van der Waals surface area contributed by atoms with Crippen LogP contribution in [-0.4, -0.2) is 21.0 Å². The van der Waals surface area contributed by atoms with Gasteiger partial charge in [-0.3, -0.25) is 9.19 Å². The highest BCUT2D eigenvalue weighted by molar-refractivity contribution is 7.84. The van der Waals surface area contributed by atoms with E-state index in [1.54, 1.807) is 6.20 Å². The van der Waals surface area contributed by atoms with Crippen molar-refractivity contribution >= 4 is 21.7 Å². The predicted molar refractivity (Wildman–Crippen MR) is 76.7 cm³/mol. The van der Waals surface area contributed by atoms with Crippen molar-refractivity contribution in [1.29, 1.82) is 0 Å². The van der Waals surface area contributed by atoms with Gasteiger partial charge in [-0.1, -0.05) is 19.1 Å². The summed E-state index contributed by atoms with van der Waals surface area (Å²) in [5.41, 5.74) is 7.56. The Balaban J connectivity index is 2.14. The van der Waals surface area contributed by atoms with Gasteiger partial charge >= 0.3 is 0 Å². The van der Waals surface area contributed by atoms with E-state index >= 15 is 0 Å². The van der Waals surface area contributed by atoms with Gasteiger partial charge in [0, 0.05) is 33.4 Å². The molecule has 0 aliphatic rings. The lowest BCUT2D eigenvalue weighted by Gasteiger charge is -2.10. The van der Waals surface area contributed by atoms with Crippen LogP contribution >= 0.6 is 0 Å². The summed E-state index contributed by atoms with van der Waals surface area (Å²) in [6.07, 6.45) is 2.59. The molecular weight excluding hydrogens is 244 g/mol. The number of aromatic nitrogens is 1. The fraction of sp³-hybridized carbons (Fsp3) is 0.357. The summed E-state index contributed by atoms with van der Waals surface area (Å²) in [5, 5.41) is 1.25. The minimum atomic E-state index is -0.859. The third-order valence-corrected chi connectivity index (χ3v) is 4.75. The zero-order chi connectivity index (χ0) is 13.0. The van der Waals surface area contributed by atoms with Crippen LogP contribution in [0.5, 0.6) is 0 Å². The highest BCUT2D eigenvalue weighted by Gasteiger charge is 2.11. The zero-order valence-corrected chi connectivity index (χ0v) is 11.3. The van der Waals surface area contributed by atoms with Crippen LogP contribution in [0.2, 0.25) is 0 Å². The first kappa shape index (κ1) is 13.2. The monoisotopic (exact) mass is 262 g/mol. The Hall–Kier alpha value is -1.26. The largest absolute Gasteiger partial charge is 0.330 e. The molecule has 1 heterocycles. The molecule has 0 saturated carbocycles. The molecule has 2 atom stereocenters. The van der Waals surface area contributed by atoms with Crippen LogP contribution in [0, 0.1) is 0 Å². The van der Waals surface area contributed by atoms with E-state index in [1.165, 1.54) is 0 Å². The molecule has 2 rings (SSSR count). The Morgan fingerprint density at radius 1 is 1.39 bits per heavy atom. The molecule has 4 heteroatoms. The average molecular weight is 262 g/mol. The third-order valence-electron chi connectivity index (χ3n) is 3.00. The van der Waals surface area contributed by atoms with E-state index in [9.17, 15) is 4.21 Å². The maximum atomic E-state index is 12.1. The molecule has 96 valence electrons. The second kappa shape index (κ2) is 6.07. The third kappa shape index (κ3) is 3.15. The second-order valence-corrected chi connectivity index (χ2v) is 6.30. The van der Waals surface area contributed by atoms with Crippen LogP contribution in [0.1, 0.15) is 18.9 Å². The zero-order valence-electron chi connectivity index (χ0n) is 10.5. The van der Waals surface area contributed by atoms with Gasteiger partial charge in [-0.15, -0.1) is 0 Å². The molecule has 0 bridgehead atoms. The minimum Gasteiger partial charge on any atom is -0.330 e. The van der Waals surface area contributed by atoms with Gasteiger partial charge in [-0.25, -0.2) is 0 Å². The molecule has 2 N–H and O–H groups in total. The Morgan fingerprint density at radius 2 is 2.22 bits per heavy atom. The van der Waals surface area contributed by atoms with E-state index < -0.39 is 10.8 Å². The SMILES string of the molecule is CC(CCN)S(=O)Cc1ccc2ncccc2c1. The van der Waals surface area contributed by atoms with Crippen LogP contribution in [0.25, 0.3) is 10.9 Å². The first-order valence-corrected chi connectivity index (χ1v) is 7.50. The summed E-state index contributed by atoms with van der Waals surface area (Å²) >= 11 is 0. The van der Waals surface area contributed by atoms with Crippen LogP contribution in [-0.2, 0) is 16.6 Å². The van der Waals surface area contributed by atoms with Gasteiger partial charge < -0.3 is 5.73 Å². The van der Waals surface area contributed by atoms with Crippen molar-refractivity contribution in [2.24, 2.45) is 5.73 Å². The van der Waals surface area contributed by atoms with Crippen LogP contribution < -0.4 is 5.73 Å².